The number of nitrogens with one attached hydrogen (secondary N) is 2. The lowest BCUT2D eigenvalue weighted by Gasteiger charge is -2.38. The topological polar surface area (TPSA) is 58.2 Å². The van der Waals surface area contributed by atoms with E-state index in [1.807, 2.05) is 6.92 Å². The Bertz CT molecular complexity index is 598. The van der Waals surface area contributed by atoms with Gasteiger partial charge in [0, 0.05) is 17.1 Å². The molecule has 21 heavy (non-hydrogen) atoms. The van der Waals surface area contributed by atoms with Gasteiger partial charge in [0.1, 0.15) is 0 Å². The summed E-state index contributed by atoms with van der Waals surface area (Å²) in [5.41, 5.74) is 0.617. The average molecular weight is 331 g/mol. The Labute approximate surface area is 132 Å². The Hall–Kier alpha value is -0.620. The summed E-state index contributed by atoms with van der Waals surface area (Å²) in [6.07, 6.45) is 3.90. The van der Waals surface area contributed by atoms with Crippen LogP contribution in [0, 0.1) is 0 Å². The van der Waals surface area contributed by atoms with Crippen molar-refractivity contribution in [1.29, 1.82) is 0 Å². The van der Waals surface area contributed by atoms with Crippen molar-refractivity contribution in [2.24, 2.45) is 0 Å². The highest BCUT2D eigenvalue weighted by atomic mass is 35.5. The van der Waals surface area contributed by atoms with Crippen LogP contribution in [0.5, 0.6) is 0 Å². The molecule has 6 heteroatoms. The molecule has 0 atom stereocenters. The zero-order chi connectivity index (χ0) is 15.5. The third kappa shape index (κ3) is 4.19. The fraction of sp³-hybridized carbons (Fsp3) is 0.600. The van der Waals surface area contributed by atoms with Crippen LogP contribution in [0.25, 0.3) is 0 Å². The van der Waals surface area contributed by atoms with Gasteiger partial charge in [0.05, 0.1) is 4.90 Å². The summed E-state index contributed by atoms with van der Waals surface area (Å²) in [5.74, 6) is 0. The molecule has 1 fully saturated rings. The molecule has 1 aliphatic carbocycles. The number of hydrogen-bond donors (Lipinski definition) is 2. The number of benzene rings is 1. The van der Waals surface area contributed by atoms with Crippen LogP contribution in [0.4, 0.5) is 0 Å². The molecule has 0 saturated heterocycles. The molecule has 0 aromatic heterocycles. The molecule has 0 heterocycles. The van der Waals surface area contributed by atoms with Crippen LogP contribution < -0.4 is 10.0 Å². The first-order valence-corrected chi connectivity index (χ1v) is 9.25. The van der Waals surface area contributed by atoms with Crippen molar-refractivity contribution in [3.63, 3.8) is 0 Å². The average Bonchev–Trinajstić information content (AvgIpc) is 2.38. The van der Waals surface area contributed by atoms with E-state index in [-0.39, 0.29) is 10.4 Å². The van der Waals surface area contributed by atoms with Crippen molar-refractivity contribution >= 4 is 21.6 Å². The van der Waals surface area contributed by atoms with Crippen LogP contribution in [0.15, 0.2) is 23.1 Å². The summed E-state index contributed by atoms with van der Waals surface area (Å²) >= 11 is 6.20. The molecule has 0 unspecified atom stereocenters. The Balaban J connectivity index is 2.11. The largest absolute Gasteiger partial charge is 0.313 e. The van der Waals surface area contributed by atoms with E-state index in [9.17, 15) is 8.42 Å². The molecule has 0 amide bonds. The van der Waals surface area contributed by atoms with Gasteiger partial charge in [-0.15, -0.1) is 0 Å². The Morgan fingerprint density at radius 1 is 1.33 bits per heavy atom. The summed E-state index contributed by atoms with van der Waals surface area (Å²) in [7, 11) is -3.50. The van der Waals surface area contributed by atoms with E-state index in [0.717, 1.165) is 37.8 Å². The lowest BCUT2D eigenvalue weighted by molar-refractivity contribution is 0.248. The fourth-order valence-electron chi connectivity index (χ4n) is 2.43. The normalized spacial score (nSPS) is 17.5. The number of halogens is 1. The van der Waals surface area contributed by atoms with Gasteiger partial charge < -0.3 is 5.32 Å². The number of hydrogen-bond acceptors (Lipinski definition) is 3. The summed E-state index contributed by atoms with van der Waals surface area (Å²) in [4.78, 5) is 0.236. The van der Waals surface area contributed by atoms with Crippen LogP contribution in [-0.2, 0) is 16.6 Å². The van der Waals surface area contributed by atoms with Crippen molar-refractivity contribution < 1.29 is 8.42 Å². The molecule has 1 aliphatic rings. The molecule has 4 nitrogen and oxygen atoms in total. The van der Waals surface area contributed by atoms with Gasteiger partial charge >= 0.3 is 0 Å². The minimum absolute atomic E-state index is 0.236. The van der Waals surface area contributed by atoms with Gasteiger partial charge in [-0.3, -0.25) is 0 Å². The Morgan fingerprint density at radius 3 is 2.57 bits per heavy atom. The smallest absolute Gasteiger partial charge is 0.241 e. The summed E-state index contributed by atoms with van der Waals surface area (Å²) in [6.45, 7) is 5.60. The second-order valence-corrected chi connectivity index (χ2v) is 8.04. The minimum atomic E-state index is -3.50. The van der Waals surface area contributed by atoms with E-state index in [2.05, 4.69) is 17.0 Å². The SMILES string of the molecule is CCCNCc1ccc(S(=O)(=O)NC2(C)CCC2)cc1Cl. The van der Waals surface area contributed by atoms with E-state index in [4.69, 9.17) is 11.6 Å². The van der Waals surface area contributed by atoms with Crippen molar-refractivity contribution in [2.45, 2.75) is 56.5 Å². The van der Waals surface area contributed by atoms with E-state index in [0.29, 0.717) is 11.6 Å². The molecule has 1 saturated carbocycles. The first-order valence-electron chi connectivity index (χ1n) is 7.39. The predicted octanol–water partition coefficient (Wildman–Crippen LogP) is 3.06. The molecule has 118 valence electrons. The van der Waals surface area contributed by atoms with Crippen molar-refractivity contribution in [3.05, 3.63) is 28.8 Å². The highest BCUT2D eigenvalue weighted by Crippen LogP contribution is 2.33. The van der Waals surface area contributed by atoms with Crippen LogP contribution >= 0.6 is 11.6 Å². The standard InChI is InChI=1S/C15H23ClN2O2S/c1-3-9-17-11-12-5-6-13(10-14(12)16)21(19,20)18-15(2)7-4-8-15/h5-6,10,17-18H,3-4,7-9,11H2,1-2H3. The predicted molar refractivity (Wildman–Crippen MR) is 86.0 cm³/mol. The quantitative estimate of drug-likeness (QED) is 0.755. The third-order valence-corrected chi connectivity index (χ3v) is 5.90. The van der Waals surface area contributed by atoms with Crippen LogP contribution in [0.3, 0.4) is 0 Å². The molecular weight excluding hydrogens is 308 g/mol. The lowest BCUT2D eigenvalue weighted by Crippen LogP contribution is -2.50. The van der Waals surface area contributed by atoms with Crippen LogP contribution in [0.2, 0.25) is 5.02 Å². The molecular formula is C15H23ClN2O2S. The summed E-state index contributed by atoms with van der Waals surface area (Å²) < 4.78 is 27.5. The van der Waals surface area contributed by atoms with E-state index in [1.54, 1.807) is 12.1 Å². The van der Waals surface area contributed by atoms with Crippen molar-refractivity contribution in [3.8, 4) is 0 Å². The van der Waals surface area contributed by atoms with Gasteiger partial charge in [0.15, 0.2) is 0 Å². The van der Waals surface area contributed by atoms with Crippen molar-refractivity contribution in [1.82, 2.24) is 10.0 Å². The lowest BCUT2D eigenvalue weighted by atomic mass is 9.80. The maximum absolute atomic E-state index is 12.4. The van der Waals surface area contributed by atoms with E-state index in [1.165, 1.54) is 6.07 Å². The van der Waals surface area contributed by atoms with Crippen LogP contribution in [0.1, 0.15) is 45.1 Å². The molecule has 0 spiro atoms. The van der Waals surface area contributed by atoms with Gasteiger partial charge in [-0.25, -0.2) is 13.1 Å². The Morgan fingerprint density at radius 2 is 2.05 bits per heavy atom. The van der Waals surface area contributed by atoms with E-state index >= 15 is 0 Å². The van der Waals surface area contributed by atoms with Crippen LogP contribution in [-0.4, -0.2) is 20.5 Å². The summed E-state index contributed by atoms with van der Waals surface area (Å²) in [6, 6.07) is 4.94. The number of sulfonamides is 1. The monoisotopic (exact) mass is 330 g/mol. The first-order chi connectivity index (χ1) is 9.86. The van der Waals surface area contributed by atoms with Gasteiger partial charge in [-0.2, -0.15) is 0 Å². The molecule has 2 N–H and O–H groups in total. The molecule has 2 rings (SSSR count). The first kappa shape index (κ1) is 16.7. The van der Waals surface area contributed by atoms with Crippen molar-refractivity contribution in [2.75, 3.05) is 6.54 Å². The zero-order valence-electron chi connectivity index (χ0n) is 12.6. The highest BCUT2D eigenvalue weighted by Gasteiger charge is 2.36. The maximum atomic E-state index is 12.4. The second-order valence-electron chi connectivity index (χ2n) is 5.95. The van der Waals surface area contributed by atoms with E-state index < -0.39 is 10.0 Å². The van der Waals surface area contributed by atoms with Gasteiger partial charge in [0.2, 0.25) is 10.0 Å². The van der Waals surface area contributed by atoms with Gasteiger partial charge in [0.25, 0.3) is 0 Å². The molecule has 1 aromatic carbocycles. The zero-order valence-corrected chi connectivity index (χ0v) is 14.1. The number of rotatable bonds is 7. The second kappa shape index (κ2) is 6.65. The highest BCUT2D eigenvalue weighted by molar-refractivity contribution is 7.89. The molecule has 0 bridgehead atoms. The van der Waals surface area contributed by atoms with Gasteiger partial charge in [-0.05, 0) is 56.8 Å². The fourth-order valence-corrected chi connectivity index (χ4v) is 4.23. The third-order valence-electron chi connectivity index (χ3n) is 3.91. The van der Waals surface area contributed by atoms with Gasteiger partial charge in [-0.1, -0.05) is 24.6 Å². The Kier molecular flexibility index (Phi) is 5.30. The molecule has 0 radical (unpaired) electrons. The minimum Gasteiger partial charge on any atom is -0.313 e. The molecule has 1 aromatic rings. The molecule has 0 aliphatic heterocycles. The summed E-state index contributed by atoms with van der Waals surface area (Å²) in [5, 5.41) is 3.74. The maximum Gasteiger partial charge on any atom is 0.241 e.